The largest absolute Gasteiger partial charge is 0.508 e. The lowest BCUT2D eigenvalue weighted by Gasteiger charge is -2.34. The van der Waals surface area contributed by atoms with E-state index in [0.717, 1.165) is 5.56 Å². The number of aromatic hydroxyl groups is 1. The Morgan fingerprint density at radius 2 is 2.05 bits per heavy atom. The van der Waals surface area contributed by atoms with Crippen molar-refractivity contribution in [2.24, 2.45) is 5.92 Å². The first-order valence-electron chi connectivity index (χ1n) is 6.73. The van der Waals surface area contributed by atoms with E-state index in [1.807, 2.05) is 0 Å². The molecule has 0 amide bonds. The quantitative estimate of drug-likeness (QED) is 0.427. The second-order valence-electron chi connectivity index (χ2n) is 4.83. The molecule has 1 aromatic carbocycles. The van der Waals surface area contributed by atoms with Crippen LogP contribution in [-0.4, -0.2) is 36.5 Å². The Morgan fingerprint density at radius 1 is 1.36 bits per heavy atom. The number of ether oxygens (including phenoxy) is 2. The number of benzene rings is 1. The Balaban J connectivity index is 2.21. The van der Waals surface area contributed by atoms with Gasteiger partial charge in [0.2, 0.25) is 0 Å². The highest BCUT2D eigenvalue weighted by Crippen LogP contribution is 2.31. The van der Waals surface area contributed by atoms with Crippen molar-refractivity contribution in [1.82, 2.24) is 10.6 Å². The number of rotatable bonds is 5. The molecule has 7 heteroatoms. The minimum Gasteiger partial charge on any atom is -0.508 e. The van der Waals surface area contributed by atoms with Gasteiger partial charge in [-0.15, -0.1) is 0 Å². The molecular formula is C15H18N2O4S. The van der Waals surface area contributed by atoms with E-state index in [9.17, 15) is 9.90 Å². The average molecular weight is 322 g/mol. The average Bonchev–Trinajstić information content (AvgIpc) is 2.47. The van der Waals surface area contributed by atoms with Crippen LogP contribution < -0.4 is 10.6 Å². The standard InChI is InChI=1S/C15H18N2O4S/c1-9-12(14(19)21-8-7-20-2)13(17-15(22)16-9)10-3-5-11(18)6-4-10/h3-6,12-13,18H,1,7-8H2,2H3,(H2,16,17,22)/t12-,13+/m0/s1. The molecule has 0 aliphatic carbocycles. The summed E-state index contributed by atoms with van der Waals surface area (Å²) in [6.45, 7) is 4.37. The summed E-state index contributed by atoms with van der Waals surface area (Å²) < 4.78 is 10.1. The van der Waals surface area contributed by atoms with Gasteiger partial charge in [0.1, 0.15) is 18.3 Å². The third kappa shape index (κ3) is 3.75. The molecule has 1 aliphatic rings. The molecule has 118 valence electrons. The number of hydrogen-bond donors (Lipinski definition) is 3. The maximum atomic E-state index is 12.3. The van der Waals surface area contributed by atoms with Gasteiger partial charge < -0.3 is 25.2 Å². The molecule has 1 fully saturated rings. The minimum absolute atomic E-state index is 0.151. The van der Waals surface area contributed by atoms with E-state index in [2.05, 4.69) is 17.2 Å². The van der Waals surface area contributed by atoms with Crippen molar-refractivity contribution < 1.29 is 19.4 Å². The highest BCUT2D eigenvalue weighted by Gasteiger charge is 2.37. The fraction of sp³-hybridized carbons (Fsp3) is 0.333. The van der Waals surface area contributed by atoms with Gasteiger partial charge in [-0.3, -0.25) is 4.79 Å². The maximum absolute atomic E-state index is 12.3. The van der Waals surface area contributed by atoms with Gasteiger partial charge in [0.25, 0.3) is 0 Å². The van der Waals surface area contributed by atoms with Crippen LogP contribution in [0.5, 0.6) is 5.75 Å². The molecule has 0 radical (unpaired) electrons. The Morgan fingerprint density at radius 3 is 2.68 bits per heavy atom. The number of esters is 1. The normalized spacial score (nSPS) is 21.0. The van der Waals surface area contributed by atoms with E-state index in [0.29, 0.717) is 17.4 Å². The summed E-state index contributed by atoms with van der Waals surface area (Å²) in [5.41, 5.74) is 1.28. The van der Waals surface area contributed by atoms with Crippen LogP contribution >= 0.6 is 12.2 Å². The number of carbonyl (C=O) groups is 1. The minimum atomic E-state index is -0.631. The fourth-order valence-corrected chi connectivity index (χ4v) is 2.49. The fourth-order valence-electron chi connectivity index (χ4n) is 2.24. The summed E-state index contributed by atoms with van der Waals surface area (Å²) >= 11 is 5.13. The molecule has 0 spiro atoms. The molecule has 0 unspecified atom stereocenters. The lowest BCUT2D eigenvalue weighted by atomic mass is 9.89. The Kier molecular flexibility index (Phi) is 5.35. The maximum Gasteiger partial charge on any atom is 0.317 e. The lowest BCUT2D eigenvalue weighted by Crippen LogP contribution is -2.51. The monoisotopic (exact) mass is 322 g/mol. The molecule has 22 heavy (non-hydrogen) atoms. The number of nitrogens with one attached hydrogen (secondary N) is 2. The van der Waals surface area contributed by atoms with Crippen LogP contribution in [0.2, 0.25) is 0 Å². The van der Waals surface area contributed by atoms with Crippen LogP contribution in [0.15, 0.2) is 36.5 Å². The Bertz CT molecular complexity index is 573. The van der Waals surface area contributed by atoms with Gasteiger partial charge in [0.05, 0.1) is 12.6 Å². The van der Waals surface area contributed by atoms with Gasteiger partial charge in [-0.25, -0.2) is 0 Å². The smallest absolute Gasteiger partial charge is 0.317 e. The van der Waals surface area contributed by atoms with Crippen molar-refractivity contribution in [2.75, 3.05) is 20.3 Å². The third-order valence-electron chi connectivity index (χ3n) is 3.31. The number of phenols is 1. The highest BCUT2D eigenvalue weighted by molar-refractivity contribution is 7.80. The van der Waals surface area contributed by atoms with Crippen LogP contribution in [0.1, 0.15) is 11.6 Å². The lowest BCUT2D eigenvalue weighted by molar-refractivity contribution is -0.149. The van der Waals surface area contributed by atoms with Crippen molar-refractivity contribution in [3.63, 3.8) is 0 Å². The second kappa shape index (κ2) is 7.24. The predicted octanol–water partition coefficient (Wildman–Crippen LogP) is 1.23. The summed E-state index contributed by atoms with van der Waals surface area (Å²) in [4.78, 5) is 12.3. The van der Waals surface area contributed by atoms with E-state index in [4.69, 9.17) is 21.7 Å². The highest BCUT2D eigenvalue weighted by atomic mass is 32.1. The van der Waals surface area contributed by atoms with Gasteiger partial charge >= 0.3 is 5.97 Å². The predicted molar refractivity (Wildman–Crippen MR) is 85.2 cm³/mol. The van der Waals surface area contributed by atoms with Crippen LogP contribution in [0.3, 0.4) is 0 Å². The van der Waals surface area contributed by atoms with Gasteiger partial charge in [0.15, 0.2) is 5.11 Å². The van der Waals surface area contributed by atoms with Gasteiger partial charge in [0, 0.05) is 12.8 Å². The van der Waals surface area contributed by atoms with Gasteiger partial charge in [-0.05, 0) is 29.9 Å². The van der Waals surface area contributed by atoms with Crippen LogP contribution in [0, 0.1) is 5.92 Å². The molecule has 1 aliphatic heterocycles. The van der Waals surface area contributed by atoms with Crippen molar-refractivity contribution >= 4 is 23.3 Å². The van der Waals surface area contributed by atoms with Crippen molar-refractivity contribution in [3.8, 4) is 5.75 Å². The molecule has 0 saturated carbocycles. The molecule has 2 atom stereocenters. The van der Waals surface area contributed by atoms with Crippen LogP contribution in [0.25, 0.3) is 0 Å². The first-order chi connectivity index (χ1) is 10.5. The van der Waals surface area contributed by atoms with E-state index in [-0.39, 0.29) is 12.4 Å². The molecular weight excluding hydrogens is 304 g/mol. The molecule has 0 bridgehead atoms. The van der Waals surface area contributed by atoms with E-state index >= 15 is 0 Å². The zero-order valence-corrected chi connectivity index (χ0v) is 13.0. The summed E-state index contributed by atoms with van der Waals surface area (Å²) in [7, 11) is 1.54. The summed E-state index contributed by atoms with van der Waals surface area (Å²) in [6, 6.07) is 6.15. The van der Waals surface area contributed by atoms with Crippen molar-refractivity contribution in [2.45, 2.75) is 6.04 Å². The van der Waals surface area contributed by atoms with E-state index in [1.54, 1.807) is 24.3 Å². The number of carbonyl (C=O) groups excluding carboxylic acids is 1. The first kappa shape index (κ1) is 16.3. The van der Waals surface area contributed by atoms with E-state index < -0.39 is 17.9 Å². The third-order valence-corrected chi connectivity index (χ3v) is 3.53. The number of phenolic OH excluding ortho intramolecular Hbond substituents is 1. The number of methoxy groups -OCH3 is 1. The SMILES string of the molecule is C=C1NC(=S)N[C@H](c2ccc(O)cc2)[C@H]1C(=O)OCCOC. The topological polar surface area (TPSA) is 79.8 Å². The van der Waals surface area contributed by atoms with Crippen molar-refractivity contribution in [3.05, 3.63) is 42.1 Å². The first-order valence-corrected chi connectivity index (χ1v) is 7.14. The molecule has 2 rings (SSSR count). The molecule has 3 N–H and O–H groups in total. The summed E-state index contributed by atoms with van der Waals surface area (Å²) in [5.74, 6) is -0.894. The molecule has 1 aromatic rings. The molecule has 0 aromatic heterocycles. The zero-order chi connectivity index (χ0) is 16.1. The van der Waals surface area contributed by atoms with Crippen molar-refractivity contribution in [1.29, 1.82) is 0 Å². The summed E-state index contributed by atoms with van der Waals surface area (Å²) in [5, 5.41) is 15.7. The van der Waals surface area contributed by atoms with Crippen LogP contribution in [0.4, 0.5) is 0 Å². The summed E-state index contributed by atoms with van der Waals surface area (Å²) in [6.07, 6.45) is 0. The van der Waals surface area contributed by atoms with Gasteiger partial charge in [-0.2, -0.15) is 0 Å². The zero-order valence-electron chi connectivity index (χ0n) is 12.2. The van der Waals surface area contributed by atoms with E-state index in [1.165, 1.54) is 7.11 Å². The van der Waals surface area contributed by atoms with Gasteiger partial charge in [-0.1, -0.05) is 18.7 Å². The second-order valence-corrected chi connectivity index (χ2v) is 5.24. The molecule has 1 saturated heterocycles. The Labute approximate surface area is 134 Å². The Hall–Kier alpha value is -2.12. The molecule has 6 nitrogen and oxygen atoms in total. The van der Waals surface area contributed by atoms with Crippen LogP contribution in [-0.2, 0) is 14.3 Å². The number of hydrogen-bond acceptors (Lipinski definition) is 5. The number of thiocarbonyl (C=S) groups is 1. The molecule has 1 heterocycles.